The van der Waals surface area contributed by atoms with Gasteiger partial charge in [0.2, 0.25) is 5.91 Å². The van der Waals surface area contributed by atoms with Crippen molar-refractivity contribution >= 4 is 62.8 Å². The number of carbonyl (C=O) groups excluding carboxylic acids is 1. The third kappa shape index (κ3) is 6.64. The number of para-hydroxylation sites is 1. The van der Waals surface area contributed by atoms with Crippen molar-refractivity contribution in [3.63, 3.8) is 0 Å². The fourth-order valence-corrected chi connectivity index (χ4v) is 4.79. The fraction of sp³-hybridized carbons (Fsp3) is 0.0800. The Bertz CT molecular complexity index is 1210. The topological polar surface area (TPSA) is 66.0 Å². The highest BCUT2D eigenvalue weighted by molar-refractivity contribution is 8.00. The van der Waals surface area contributed by atoms with E-state index < -0.39 is 0 Å². The first-order chi connectivity index (χ1) is 16.1. The van der Waals surface area contributed by atoms with E-state index >= 15 is 0 Å². The highest BCUT2D eigenvalue weighted by atomic mass is 32.2. The average Bonchev–Trinajstić information content (AvgIpc) is 3.30. The zero-order valence-electron chi connectivity index (χ0n) is 17.8. The molecule has 1 unspecified atom stereocenters. The Hall–Kier alpha value is -3.20. The van der Waals surface area contributed by atoms with E-state index in [4.69, 9.17) is 12.2 Å². The Morgan fingerprint density at radius 3 is 2.15 bits per heavy atom. The number of thioether (sulfide) groups is 1. The first kappa shape index (κ1) is 23.0. The maximum absolute atomic E-state index is 12.6. The molecular formula is C25H22N4OS3. The predicted octanol–water partition coefficient (Wildman–Crippen LogP) is 6.74. The Labute approximate surface area is 206 Å². The first-order valence-corrected chi connectivity index (χ1v) is 12.5. The van der Waals surface area contributed by atoms with Crippen LogP contribution < -0.4 is 16.0 Å². The molecule has 166 valence electrons. The van der Waals surface area contributed by atoms with Gasteiger partial charge in [0.1, 0.15) is 0 Å². The van der Waals surface area contributed by atoms with Gasteiger partial charge in [0.05, 0.1) is 10.9 Å². The number of carbonyl (C=O) groups is 1. The van der Waals surface area contributed by atoms with Crippen LogP contribution in [0.4, 0.5) is 16.5 Å². The van der Waals surface area contributed by atoms with Crippen molar-refractivity contribution in [2.24, 2.45) is 0 Å². The van der Waals surface area contributed by atoms with Crippen LogP contribution in [0.5, 0.6) is 0 Å². The lowest BCUT2D eigenvalue weighted by Crippen LogP contribution is -2.22. The molecular weight excluding hydrogens is 469 g/mol. The van der Waals surface area contributed by atoms with Gasteiger partial charge in [-0.2, -0.15) is 0 Å². The van der Waals surface area contributed by atoms with Crippen molar-refractivity contribution in [3.8, 4) is 11.3 Å². The number of aromatic nitrogens is 1. The van der Waals surface area contributed by atoms with Crippen LogP contribution in [0.25, 0.3) is 11.3 Å². The lowest BCUT2D eigenvalue weighted by molar-refractivity contribution is -0.115. The Balaban J connectivity index is 1.28. The molecule has 1 atom stereocenters. The molecule has 1 heterocycles. The van der Waals surface area contributed by atoms with Crippen LogP contribution in [-0.4, -0.2) is 21.3 Å². The predicted molar refractivity (Wildman–Crippen MR) is 144 cm³/mol. The van der Waals surface area contributed by atoms with Crippen LogP contribution >= 0.6 is 35.3 Å². The molecule has 1 aromatic heterocycles. The van der Waals surface area contributed by atoms with Crippen molar-refractivity contribution in [1.29, 1.82) is 0 Å². The molecule has 3 aromatic carbocycles. The van der Waals surface area contributed by atoms with Crippen molar-refractivity contribution in [3.05, 3.63) is 90.3 Å². The normalized spacial score (nSPS) is 11.4. The zero-order valence-corrected chi connectivity index (χ0v) is 20.3. The van der Waals surface area contributed by atoms with E-state index in [-0.39, 0.29) is 11.2 Å². The minimum Gasteiger partial charge on any atom is -0.332 e. The summed E-state index contributed by atoms with van der Waals surface area (Å²) in [6.45, 7) is 1.89. The molecule has 8 heteroatoms. The lowest BCUT2D eigenvalue weighted by atomic mass is 10.2. The number of anilines is 3. The van der Waals surface area contributed by atoms with Gasteiger partial charge in [-0.15, -0.1) is 23.1 Å². The monoisotopic (exact) mass is 490 g/mol. The molecule has 0 radical (unpaired) electrons. The number of nitrogens with one attached hydrogen (secondary N) is 3. The maximum Gasteiger partial charge on any atom is 0.239 e. The minimum absolute atomic E-state index is 0.0793. The van der Waals surface area contributed by atoms with E-state index in [1.54, 1.807) is 0 Å². The number of rotatable bonds is 7. The molecule has 4 rings (SSSR count). The second kappa shape index (κ2) is 11.1. The quantitative estimate of drug-likeness (QED) is 0.197. The molecule has 0 bridgehead atoms. The highest BCUT2D eigenvalue weighted by Crippen LogP contribution is 2.28. The number of thiocarbonyl (C=S) groups is 1. The summed E-state index contributed by atoms with van der Waals surface area (Å²) in [4.78, 5) is 18.2. The summed E-state index contributed by atoms with van der Waals surface area (Å²) in [7, 11) is 0. The molecule has 0 aliphatic rings. The number of amides is 1. The van der Waals surface area contributed by atoms with Crippen LogP contribution in [0.3, 0.4) is 0 Å². The van der Waals surface area contributed by atoms with Gasteiger partial charge >= 0.3 is 0 Å². The van der Waals surface area contributed by atoms with Gasteiger partial charge < -0.3 is 16.0 Å². The first-order valence-electron chi connectivity index (χ1n) is 10.3. The summed E-state index contributed by atoms with van der Waals surface area (Å²) < 4.78 is 0. The van der Waals surface area contributed by atoms with E-state index in [1.165, 1.54) is 23.1 Å². The molecule has 4 aromatic rings. The van der Waals surface area contributed by atoms with Crippen LogP contribution in [0.1, 0.15) is 6.92 Å². The highest BCUT2D eigenvalue weighted by Gasteiger charge is 2.16. The molecule has 0 spiro atoms. The Kier molecular flexibility index (Phi) is 7.72. The largest absolute Gasteiger partial charge is 0.332 e. The maximum atomic E-state index is 12.6. The van der Waals surface area contributed by atoms with Crippen LogP contribution in [-0.2, 0) is 4.79 Å². The third-order valence-electron chi connectivity index (χ3n) is 4.63. The summed E-state index contributed by atoms with van der Waals surface area (Å²) in [6, 6.07) is 27.5. The second-order valence-electron chi connectivity index (χ2n) is 7.12. The number of thiazole rings is 1. The van der Waals surface area contributed by atoms with Crippen molar-refractivity contribution in [2.75, 3.05) is 16.0 Å². The molecule has 0 saturated heterocycles. The van der Waals surface area contributed by atoms with Crippen molar-refractivity contribution in [1.82, 2.24) is 4.98 Å². The lowest BCUT2D eigenvalue weighted by Gasteiger charge is -2.12. The molecule has 33 heavy (non-hydrogen) atoms. The Morgan fingerprint density at radius 2 is 1.48 bits per heavy atom. The van der Waals surface area contributed by atoms with Crippen LogP contribution in [0.15, 0.2) is 95.2 Å². The van der Waals surface area contributed by atoms with Gasteiger partial charge in [0, 0.05) is 27.2 Å². The SMILES string of the molecule is CC(Sc1ccc(NC(=S)Nc2ccccc2)cc1)C(=O)Nc1nc(-c2ccccc2)cs1. The second-order valence-corrected chi connectivity index (χ2v) is 9.80. The summed E-state index contributed by atoms with van der Waals surface area (Å²) in [6.07, 6.45) is 0. The van der Waals surface area contributed by atoms with Gasteiger partial charge in [0.25, 0.3) is 0 Å². The zero-order chi connectivity index (χ0) is 23.0. The standard InChI is InChI=1S/C25H22N4OS3/c1-17(23(30)29-25-28-22(16-32-25)18-8-4-2-5-9-18)33-21-14-12-20(13-15-21)27-24(31)26-19-10-6-3-7-11-19/h2-17H,1H3,(H2,26,27,31)(H,28,29,30). The summed E-state index contributed by atoms with van der Waals surface area (Å²) >= 11 is 8.28. The molecule has 5 nitrogen and oxygen atoms in total. The van der Waals surface area contributed by atoms with E-state index in [0.29, 0.717) is 10.2 Å². The van der Waals surface area contributed by atoms with Crippen molar-refractivity contribution in [2.45, 2.75) is 17.1 Å². The van der Waals surface area contributed by atoms with Gasteiger partial charge in [-0.3, -0.25) is 4.79 Å². The van der Waals surface area contributed by atoms with E-state index in [9.17, 15) is 4.79 Å². The number of hydrogen-bond acceptors (Lipinski definition) is 5. The van der Waals surface area contributed by atoms with E-state index in [2.05, 4.69) is 20.9 Å². The van der Waals surface area contributed by atoms with Crippen LogP contribution in [0.2, 0.25) is 0 Å². The number of hydrogen-bond donors (Lipinski definition) is 3. The summed E-state index contributed by atoms with van der Waals surface area (Å²) in [5, 5.41) is 12.0. The number of benzene rings is 3. The number of nitrogens with zero attached hydrogens (tertiary/aromatic N) is 1. The van der Waals surface area contributed by atoms with E-state index in [0.717, 1.165) is 27.5 Å². The molecule has 0 aliphatic carbocycles. The van der Waals surface area contributed by atoms with Gasteiger partial charge in [-0.25, -0.2) is 4.98 Å². The summed E-state index contributed by atoms with van der Waals surface area (Å²) in [5.41, 5.74) is 3.70. The minimum atomic E-state index is -0.270. The van der Waals surface area contributed by atoms with Gasteiger partial charge in [0.15, 0.2) is 10.2 Å². The smallest absolute Gasteiger partial charge is 0.239 e. The van der Waals surface area contributed by atoms with Crippen LogP contribution in [0, 0.1) is 0 Å². The van der Waals surface area contributed by atoms with E-state index in [1.807, 2.05) is 97.2 Å². The molecule has 0 fully saturated rings. The van der Waals surface area contributed by atoms with Gasteiger partial charge in [-0.05, 0) is 55.5 Å². The Morgan fingerprint density at radius 1 is 0.879 bits per heavy atom. The third-order valence-corrected chi connectivity index (χ3v) is 6.70. The fourth-order valence-electron chi connectivity index (χ4n) is 2.97. The average molecular weight is 491 g/mol. The molecule has 0 saturated carbocycles. The van der Waals surface area contributed by atoms with Crippen molar-refractivity contribution < 1.29 is 4.79 Å². The molecule has 1 amide bonds. The van der Waals surface area contributed by atoms with Gasteiger partial charge in [-0.1, -0.05) is 48.5 Å². The summed E-state index contributed by atoms with van der Waals surface area (Å²) in [5.74, 6) is -0.0793. The molecule has 0 aliphatic heterocycles. The molecule has 3 N–H and O–H groups in total.